The van der Waals surface area contributed by atoms with Crippen LogP contribution in [0.3, 0.4) is 0 Å². The molecule has 0 saturated heterocycles. The largest absolute Gasteiger partial charge is 0.322 e. The smallest absolute Gasteiger partial charge is 0.261 e. The fourth-order valence-corrected chi connectivity index (χ4v) is 3.80. The van der Waals surface area contributed by atoms with E-state index in [1.807, 2.05) is 0 Å². The third kappa shape index (κ3) is 4.84. The first-order valence-electron chi connectivity index (χ1n) is 8.20. The SMILES string of the molecule is Cc1ccc(C(=O)Nc2ccc(Cl)cc2)cc1NS(=O)(=O)c1ccc(Cl)cc1. The van der Waals surface area contributed by atoms with Gasteiger partial charge in [-0.05, 0) is 73.2 Å². The van der Waals surface area contributed by atoms with Crippen LogP contribution in [0.1, 0.15) is 15.9 Å². The van der Waals surface area contributed by atoms with Crippen molar-refractivity contribution in [3.05, 3.63) is 87.9 Å². The molecule has 5 nitrogen and oxygen atoms in total. The summed E-state index contributed by atoms with van der Waals surface area (Å²) in [5.41, 5.74) is 1.90. The number of rotatable bonds is 5. The Morgan fingerprint density at radius 1 is 0.857 bits per heavy atom. The van der Waals surface area contributed by atoms with Gasteiger partial charge in [0.05, 0.1) is 10.6 Å². The van der Waals surface area contributed by atoms with Crippen LogP contribution >= 0.6 is 23.2 Å². The molecule has 0 bridgehead atoms. The lowest BCUT2D eigenvalue weighted by atomic mass is 10.1. The second-order valence-corrected chi connectivity index (χ2v) is 8.61. The summed E-state index contributed by atoms with van der Waals surface area (Å²) in [6.07, 6.45) is 0. The number of hydrogen-bond acceptors (Lipinski definition) is 3. The van der Waals surface area contributed by atoms with Gasteiger partial charge < -0.3 is 5.32 Å². The summed E-state index contributed by atoms with van der Waals surface area (Å²) in [5.74, 6) is -0.366. The van der Waals surface area contributed by atoms with E-state index < -0.39 is 10.0 Å². The zero-order chi connectivity index (χ0) is 20.3. The molecular weight excluding hydrogens is 419 g/mol. The van der Waals surface area contributed by atoms with Crippen LogP contribution < -0.4 is 10.0 Å². The first-order valence-corrected chi connectivity index (χ1v) is 10.4. The van der Waals surface area contributed by atoms with Crippen LogP contribution in [0.2, 0.25) is 10.0 Å². The van der Waals surface area contributed by atoms with Crippen LogP contribution in [-0.4, -0.2) is 14.3 Å². The van der Waals surface area contributed by atoms with Gasteiger partial charge in [-0.1, -0.05) is 29.3 Å². The van der Waals surface area contributed by atoms with Crippen molar-refractivity contribution in [3.63, 3.8) is 0 Å². The van der Waals surface area contributed by atoms with E-state index >= 15 is 0 Å². The summed E-state index contributed by atoms with van der Waals surface area (Å²) in [5, 5.41) is 3.75. The Morgan fingerprint density at radius 2 is 1.43 bits per heavy atom. The van der Waals surface area contributed by atoms with Crippen LogP contribution in [0.15, 0.2) is 71.6 Å². The van der Waals surface area contributed by atoms with Crippen LogP contribution in [0.5, 0.6) is 0 Å². The molecule has 1 amide bonds. The topological polar surface area (TPSA) is 75.3 Å². The van der Waals surface area contributed by atoms with Crippen molar-refractivity contribution >= 4 is 50.5 Å². The summed E-state index contributed by atoms with van der Waals surface area (Å²) in [7, 11) is -3.81. The lowest BCUT2D eigenvalue weighted by molar-refractivity contribution is 0.102. The van der Waals surface area contributed by atoms with Gasteiger partial charge in [0.15, 0.2) is 0 Å². The first kappa shape index (κ1) is 20.2. The van der Waals surface area contributed by atoms with Crippen LogP contribution in [0.4, 0.5) is 11.4 Å². The third-order valence-electron chi connectivity index (χ3n) is 3.97. The molecule has 0 aromatic heterocycles. The molecule has 0 aliphatic rings. The van der Waals surface area contributed by atoms with E-state index in [0.29, 0.717) is 32.5 Å². The number of halogens is 2. The van der Waals surface area contributed by atoms with Crippen molar-refractivity contribution < 1.29 is 13.2 Å². The molecule has 0 fully saturated rings. The van der Waals surface area contributed by atoms with E-state index in [1.165, 1.54) is 30.3 Å². The predicted molar refractivity (Wildman–Crippen MR) is 113 cm³/mol. The average Bonchev–Trinajstić information content (AvgIpc) is 2.65. The van der Waals surface area contributed by atoms with Gasteiger partial charge in [-0.3, -0.25) is 9.52 Å². The minimum Gasteiger partial charge on any atom is -0.322 e. The average molecular weight is 435 g/mol. The minimum atomic E-state index is -3.81. The number of hydrogen-bond donors (Lipinski definition) is 2. The lowest BCUT2D eigenvalue weighted by Crippen LogP contribution is -2.16. The maximum absolute atomic E-state index is 12.6. The number of carbonyl (C=O) groups excluding carboxylic acids is 1. The number of aryl methyl sites for hydroxylation is 1. The zero-order valence-corrected chi connectivity index (χ0v) is 17.1. The van der Waals surface area contributed by atoms with Gasteiger partial charge in [0.25, 0.3) is 15.9 Å². The molecule has 0 saturated carbocycles. The molecule has 0 heterocycles. The summed E-state index contributed by atoms with van der Waals surface area (Å²) in [6.45, 7) is 1.75. The van der Waals surface area contributed by atoms with Gasteiger partial charge in [-0.2, -0.15) is 0 Å². The van der Waals surface area contributed by atoms with Crippen molar-refractivity contribution in [1.29, 1.82) is 0 Å². The van der Waals surface area contributed by atoms with E-state index in [0.717, 1.165) is 0 Å². The number of carbonyl (C=O) groups is 1. The molecule has 2 N–H and O–H groups in total. The van der Waals surface area contributed by atoms with E-state index in [4.69, 9.17) is 23.2 Å². The summed E-state index contributed by atoms with van der Waals surface area (Å²) in [6, 6.07) is 17.3. The van der Waals surface area contributed by atoms with Crippen LogP contribution in [0.25, 0.3) is 0 Å². The normalized spacial score (nSPS) is 11.1. The molecule has 0 aliphatic heterocycles. The molecule has 3 aromatic carbocycles. The van der Waals surface area contributed by atoms with Crippen molar-refractivity contribution in [3.8, 4) is 0 Å². The molecule has 0 unspecified atom stereocenters. The Morgan fingerprint density at radius 3 is 2.04 bits per heavy atom. The second-order valence-electron chi connectivity index (χ2n) is 6.05. The van der Waals surface area contributed by atoms with Crippen molar-refractivity contribution in [2.24, 2.45) is 0 Å². The molecule has 144 valence electrons. The van der Waals surface area contributed by atoms with Gasteiger partial charge in [-0.15, -0.1) is 0 Å². The molecule has 0 spiro atoms. The van der Waals surface area contributed by atoms with Crippen molar-refractivity contribution in [2.75, 3.05) is 10.0 Å². The van der Waals surface area contributed by atoms with Crippen LogP contribution in [-0.2, 0) is 10.0 Å². The third-order valence-corrected chi connectivity index (χ3v) is 5.86. The van der Waals surface area contributed by atoms with Gasteiger partial charge in [0.1, 0.15) is 0 Å². The maximum Gasteiger partial charge on any atom is 0.261 e. The minimum absolute atomic E-state index is 0.0762. The Labute approximate surface area is 173 Å². The molecule has 3 rings (SSSR count). The fourth-order valence-electron chi connectivity index (χ4n) is 2.43. The van der Waals surface area contributed by atoms with Gasteiger partial charge in [0, 0.05) is 21.3 Å². The number of nitrogens with one attached hydrogen (secondary N) is 2. The quantitative estimate of drug-likeness (QED) is 0.567. The Kier molecular flexibility index (Phi) is 5.93. The standard InChI is InChI=1S/C20H16Cl2N2O3S/c1-13-2-3-14(20(25)23-17-8-4-15(21)5-9-17)12-19(13)24-28(26,27)18-10-6-16(22)7-11-18/h2-12,24H,1H3,(H,23,25). The zero-order valence-electron chi connectivity index (χ0n) is 14.7. The molecule has 28 heavy (non-hydrogen) atoms. The number of sulfonamides is 1. The highest BCUT2D eigenvalue weighted by Crippen LogP contribution is 2.23. The second kappa shape index (κ2) is 8.22. The number of benzene rings is 3. The van der Waals surface area contributed by atoms with Gasteiger partial charge in [-0.25, -0.2) is 8.42 Å². The molecule has 0 atom stereocenters. The molecule has 8 heteroatoms. The Bertz CT molecular complexity index is 1110. The highest BCUT2D eigenvalue weighted by atomic mass is 35.5. The van der Waals surface area contributed by atoms with Gasteiger partial charge in [0.2, 0.25) is 0 Å². The molecule has 3 aromatic rings. The summed E-state index contributed by atoms with van der Waals surface area (Å²) < 4.78 is 27.7. The Hall–Kier alpha value is -2.54. The maximum atomic E-state index is 12.6. The van der Waals surface area contributed by atoms with Crippen LogP contribution in [0, 0.1) is 6.92 Å². The Balaban J connectivity index is 1.83. The molecular formula is C20H16Cl2N2O3S. The fraction of sp³-hybridized carbons (Fsp3) is 0.0500. The van der Waals surface area contributed by atoms with Crippen molar-refractivity contribution in [2.45, 2.75) is 11.8 Å². The highest BCUT2D eigenvalue weighted by molar-refractivity contribution is 7.92. The number of amides is 1. The lowest BCUT2D eigenvalue weighted by Gasteiger charge is -2.13. The summed E-state index contributed by atoms with van der Waals surface area (Å²) in [4.78, 5) is 12.6. The summed E-state index contributed by atoms with van der Waals surface area (Å²) >= 11 is 11.6. The highest BCUT2D eigenvalue weighted by Gasteiger charge is 2.17. The van der Waals surface area contributed by atoms with E-state index in [1.54, 1.807) is 43.3 Å². The molecule has 0 aliphatic carbocycles. The first-order chi connectivity index (χ1) is 13.2. The van der Waals surface area contributed by atoms with E-state index in [9.17, 15) is 13.2 Å². The van der Waals surface area contributed by atoms with Crippen molar-refractivity contribution in [1.82, 2.24) is 0 Å². The van der Waals surface area contributed by atoms with E-state index in [2.05, 4.69) is 10.0 Å². The number of anilines is 2. The predicted octanol–water partition coefficient (Wildman–Crippen LogP) is 5.35. The van der Waals surface area contributed by atoms with Gasteiger partial charge >= 0.3 is 0 Å². The van der Waals surface area contributed by atoms with E-state index in [-0.39, 0.29) is 10.8 Å². The molecule has 0 radical (unpaired) electrons. The monoisotopic (exact) mass is 434 g/mol.